The number of rotatable bonds is 3. The lowest BCUT2D eigenvalue weighted by Gasteiger charge is -2.07. The first-order valence-electron chi connectivity index (χ1n) is 3.91. The Morgan fingerprint density at radius 3 is 2.43 bits per heavy atom. The SMILES string of the molecule is CNc1ccc(NS(C)(=O)=O)cc1O. The van der Waals surface area contributed by atoms with Gasteiger partial charge in [0.1, 0.15) is 5.75 Å². The zero-order valence-electron chi connectivity index (χ0n) is 7.90. The molecule has 0 amide bonds. The highest BCUT2D eigenvalue weighted by Gasteiger charge is 2.04. The van der Waals surface area contributed by atoms with E-state index in [1.807, 2.05) is 0 Å². The predicted octanol–water partition coefficient (Wildman–Crippen LogP) is 0.805. The largest absolute Gasteiger partial charge is 0.506 e. The van der Waals surface area contributed by atoms with E-state index in [1.54, 1.807) is 19.2 Å². The van der Waals surface area contributed by atoms with E-state index in [9.17, 15) is 13.5 Å². The number of benzene rings is 1. The Morgan fingerprint density at radius 1 is 1.36 bits per heavy atom. The molecule has 0 atom stereocenters. The minimum absolute atomic E-state index is 0.00106. The van der Waals surface area contributed by atoms with Crippen molar-refractivity contribution in [2.45, 2.75) is 0 Å². The number of aromatic hydroxyl groups is 1. The monoisotopic (exact) mass is 216 g/mol. The number of nitrogens with one attached hydrogen (secondary N) is 2. The Labute approximate surface area is 82.8 Å². The second-order valence-electron chi connectivity index (χ2n) is 2.86. The molecule has 0 spiro atoms. The zero-order valence-corrected chi connectivity index (χ0v) is 8.72. The lowest BCUT2D eigenvalue weighted by molar-refractivity contribution is 0.478. The molecule has 0 aliphatic rings. The van der Waals surface area contributed by atoms with E-state index in [4.69, 9.17) is 0 Å². The van der Waals surface area contributed by atoms with Gasteiger partial charge in [0.05, 0.1) is 17.6 Å². The third-order valence-electron chi connectivity index (χ3n) is 1.57. The molecule has 6 heteroatoms. The van der Waals surface area contributed by atoms with Crippen LogP contribution in [0.5, 0.6) is 5.75 Å². The lowest BCUT2D eigenvalue weighted by Crippen LogP contribution is -2.09. The fourth-order valence-corrected chi connectivity index (χ4v) is 1.58. The Hall–Kier alpha value is -1.43. The van der Waals surface area contributed by atoms with Crippen LogP contribution in [0.15, 0.2) is 18.2 Å². The maximum atomic E-state index is 10.9. The summed E-state index contributed by atoms with van der Waals surface area (Å²) < 4.78 is 24.0. The molecule has 0 saturated carbocycles. The normalized spacial score (nSPS) is 11.0. The summed E-state index contributed by atoms with van der Waals surface area (Å²) in [6.07, 6.45) is 1.05. The highest BCUT2D eigenvalue weighted by atomic mass is 32.2. The van der Waals surface area contributed by atoms with Crippen LogP contribution in [0.25, 0.3) is 0 Å². The molecule has 0 radical (unpaired) electrons. The van der Waals surface area contributed by atoms with Gasteiger partial charge in [-0.3, -0.25) is 4.72 Å². The summed E-state index contributed by atoms with van der Waals surface area (Å²) >= 11 is 0. The van der Waals surface area contributed by atoms with Crippen LogP contribution in [0.1, 0.15) is 0 Å². The minimum Gasteiger partial charge on any atom is -0.506 e. The van der Waals surface area contributed by atoms with Crippen LogP contribution >= 0.6 is 0 Å². The van der Waals surface area contributed by atoms with Crippen molar-refractivity contribution in [2.75, 3.05) is 23.3 Å². The van der Waals surface area contributed by atoms with Crippen LogP contribution in [0.3, 0.4) is 0 Å². The van der Waals surface area contributed by atoms with Gasteiger partial charge in [-0.1, -0.05) is 0 Å². The molecule has 1 aromatic rings. The number of phenolic OH excluding ortho intramolecular Hbond substituents is 1. The molecular weight excluding hydrogens is 204 g/mol. The van der Waals surface area contributed by atoms with E-state index in [-0.39, 0.29) is 5.75 Å². The van der Waals surface area contributed by atoms with Gasteiger partial charge in [-0.2, -0.15) is 0 Å². The summed E-state index contributed by atoms with van der Waals surface area (Å²) in [6.45, 7) is 0. The van der Waals surface area contributed by atoms with Crippen LogP contribution in [0.2, 0.25) is 0 Å². The van der Waals surface area contributed by atoms with Crippen molar-refractivity contribution in [1.29, 1.82) is 0 Å². The first-order valence-corrected chi connectivity index (χ1v) is 5.80. The summed E-state index contributed by atoms with van der Waals surface area (Å²) in [4.78, 5) is 0. The van der Waals surface area contributed by atoms with Crippen molar-refractivity contribution in [3.05, 3.63) is 18.2 Å². The molecule has 0 bridgehead atoms. The maximum Gasteiger partial charge on any atom is 0.229 e. The molecule has 0 aliphatic carbocycles. The fraction of sp³-hybridized carbons (Fsp3) is 0.250. The van der Waals surface area contributed by atoms with Crippen LogP contribution in [-0.2, 0) is 10.0 Å². The van der Waals surface area contributed by atoms with E-state index in [0.29, 0.717) is 11.4 Å². The average molecular weight is 216 g/mol. The van der Waals surface area contributed by atoms with Gasteiger partial charge in [-0.05, 0) is 12.1 Å². The highest BCUT2D eigenvalue weighted by molar-refractivity contribution is 7.92. The molecule has 5 nitrogen and oxygen atoms in total. The standard InChI is InChI=1S/C8H12N2O3S/c1-9-7-4-3-6(5-8(7)11)10-14(2,12)13/h3-5,9-11H,1-2H3. The van der Waals surface area contributed by atoms with Gasteiger partial charge in [0.15, 0.2) is 0 Å². The molecule has 0 saturated heterocycles. The Bertz CT molecular complexity index is 428. The molecule has 0 aromatic heterocycles. The third kappa shape index (κ3) is 2.81. The Kier molecular flexibility index (Phi) is 2.85. The number of hydrogen-bond acceptors (Lipinski definition) is 4. The number of phenols is 1. The summed E-state index contributed by atoms with van der Waals surface area (Å²) in [5, 5.41) is 12.1. The topological polar surface area (TPSA) is 78.4 Å². The lowest BCUT2D eigenvalue weighted by atomic mass is 10.2. The van der Waals surface area contributed by atoms with Gasteiger partial charge in [0.2, 0.25) is 10.0 Å². The van der Waals surface area contributed by atoms with Crippen molar-refractivity contribution in [3.8, 4) is 5.75 Å². The van der Waals surface area contributed by atoms with Crippen LogP contribution in [0.4, 0.5) is 11.4 Å². The minimum atomic E-state index is -3.30. The fourth-order valence-electron chi connectivity index (χ4n) is 1.02. The van der Waals surface area contributed by atoms with E-state index < -0.39 is 10.0 Å². The van der Waals surface area contributed by atoms with E-state index in [1.165, 1.54) is 6.07 Å². The van der Waals surface area contributed by atoms with Crippen LogP contribution in [0, 0.1) is 0 Å². The highest BCUT2D eigenvalue weighted by Crippen LogP contribution is 2.26. The quantitative estimate of drug-likeness (QED) is 0.653. The number of hydrogen-bond donors (Lipinski definition) is 3. The number of sulfonamides is 1. The molecule has 78 valence electrons. The van der Waals surface area contributed by atoms with E-state index >= 15 is 0 Å². The Morgan fingerprint density at radius 2 is 2.00 bits per heavy atom. The van der Waals surface area contributed by atoms with Gasteiger partial charge in [-0.25, -0.2) is 8.42 Å². The van der Waals surface area contributed by atoms with Gasteiger partial charge < -0.3 is 10.4 Å². The van der Waals surface area contributed by atoms with Crippen molar-refractivity contribution in [2.24, 2.45) is 0 Å². The van der Waals surface area contributed by atoms with Crippen molar-refractivity contribution in [1.82, 2.24) is 0 Å². The first kappa shape index (κ1) is 10.6. The second-order valence-corrected chi connectivity index (χ2v) is 4.60. The van der Waals surface area contributed by atoms with Gasteiger partial charge in [0.25, 0.3) is 0 Å². The van der Waals surface area contributed by atoms with Gasteiger partial charge >= 0.3 is 0 Å². The summed E-state index contributed by atoms with van der Waals surface area (Å²) in [5.41, 5.74) is 0.882. The van der Waals surface area contributed by atoms with E-state index in [2.05, 4.69) is 10.0 Å². The maximum absolute atomic E-state index is 10.9. The molecule has 1 aromatic carbocycles. The van der Waals surface area contributed by atoms with Gasteiger partial charge in [-0.15, -0.1) is 0 Å². The zero-order chi connectivity index (χ0) is 10.8. The molecule has 0 heterocycles. The van der Waals surface area contributed by atoms with Crippen LogP contribution in [-0.4, -0.2) is 26.8 Å². The molecular formula is C8H12N2O3S. The van der Waals surface area contributed by atoms with Crippen LogP contribution < -0.4 is 10.0 Å². The Balaban J connectivity index is 2.98. The molecule has 3 N–H and O–H groups in total. The summed E-state index contributed by atoms with van der Waals surface area (Å²) in [5.74, 6) is 0.00106. The third-order valence-corrected chi connectivity index (χ3v) is 2.18. The van der Waals surface area contributed by atoms with Crippen molar-refractivity contribution in [3.63, 3.8) is 0 Å². The van der Waals surface area contributed by atoms with Gasteiger partial charge in [0, 0.05) is 13.1 Å². The van der Waals surface area contributed by atoms with E-state index in [0.717, 1.165) is 6.26 Å². The molecule has 0 aliphatic heterocycles. The van der Waals surface area contributed by atoms with Crippen molar-refractivity contribution >= 4 is 21.4 Å². The molecule has 0 unspecified atom stereocenters. The second kappa shape index (κ2) is 3.75. The smallest absolute Gasteiger partial charge is 0.229 e. The molecule has 0 fully saturated rings. The summed E-state index contributed by atoms with van der Waals surface area (Å²) in [7, 11) is -1.63. The molecule has 1 rings (SSSR count). The predicted molar refractivity (Wildman–Crippen MR) is 56.1 cm³/mol. The first-order chi connectivity index (χ1) is 6.42. The molecule has 14 heavy (non-hydrogen) atoms. The summed E-state index contributed by atoms with van der Waals surface area (Å²) in [6, 6.07) is 4.49. The average Bonchev–Trinajstić information content (AvgIpc) is 2.01. The number of anilines is 2. The van der Waals surface area contributed by atoms with Crippen molar-refractivity contribution < 1.29 is 13.5 Å².